The maximum atomic E-state index is 11.8. The summed E-state index contributed by atoms with van der Waals surface area (Å²) in [4.78, 5) is 11.8. The molecule has 2 fully saturated rings. The van der Waals surface area contributed by atoms with E-state index in [2.05, 4.69) is 15.6 Å². The van der Waals surface area contributed by atoms with Crippen molar-refractivity contribution < 1.29 is 14.3 Å². The van der Waals surface area contributed by atoms with Gasteiger partial charge in [-0.3, -0.25) is 0 Å². The topological polar surface area (TPSA) is 78.3 Å². The van der Waals surface area contributed by atoms with Gasteiger partial charge in [-0.05, 0) is 19.3 Å². The van der Waals surface area contributed by atoms with Crippen molar-refractivity contribution in [3.8, 4) is 0 Å². The van der Waals surface area contributed by atoms with Gasteiger partial charge in [0, 0.05) is 19.7 Å². The molecule has 0 spiro atoms. The third-order valence-corrected chi connectivity index (χ3v) is 3.53. The van der Waals surface area contributed by atoms with Crippen molar-refractivity contribution in [3.63, 3.8) is 0 Å². The van der Waals surface area contributed by atoms with Crippen molar-refractivity contribution in [2.24, 2.45) is 0 Å². The highest BCUT2D eigenvalue weighted by Crippen LogP contribution is 2.14. The Morgan fingerprint density at radius 2 is 2.42 bits per heavy atom. The molecule has 3 rings (SSSR count). The molecule has 0 amide bonds. The average Bonchev–Trinajstić information content (AvgIpc) is 2.84. The first-order valence-corrected chi connectivity index (χ1v) is 6.74. The minimum atomic E-state index is -0.423. The maximum Gasteiger partial charge on any atom is 0.360 e. The van der Waals surface area contributed by atoms with E-state index in [1.807, 2.05) is 0 Å². The van der Waals surface area contributed by atoms with E-state index in [4.69, 9.17) is 9.47 Å². The van der Waals surface area contributed by atoms with E-state index in [1.54, 1.807) is 10.9 Å². The molecule has 1 unspecified atom stereocenters. The first-order chi connectivity index (χ1) is 9.33. The summed E-state index contributed by atoms with van der Waals surface area (Å²) in [5, 5.41) is 10.9. The third-order valence-electron chi connectivity index (χ3n) is 3.53. The van der Waals surface area contributed by atoms with E-state index < -0.39 is 5.97 Å². The first kappa shape index (κ1) is 12.6. The Kier molecular flexibility index (Phi) is 3.74. The van der Waals surface area contributed by atoms with Crippen LogP contribution < -0.4 is 5.32 Å². The molecule has 0 bridgehead atoms. The summed E-state index contributed by atoms with van der Waals surface area (Å²) in [6.07, 6.45) is 4.86. The molecule has 0 radical (unpaired) electrons. The summed E-state index contributed by atoms with van der Waals surface area (Å²) >= 11 is 0. The van der Waals surface area contributed by atoms with Crippen LogP contribution in [0.15, 0.2) is 6.20 Å². The number of carbonyl (C=O) groups is 1. The highest BCUT2D eigenvalue weighted by Gasteiger charge is 2.23. The van der Waals surface area contributed by atoms with Crippen molar-refractivity contribution in [2.45, 2.75) is 31.4 Å². The summed E-state index contributed by atoms with van der Waals surface area (Å²) in [5.74, 6) is -0.423. The molecule has 0 aliphatic carbocycles. The van der Waals surface area contributed by atoms with E-state index in [0.29, 0.717) is 12.6 Å². The van der Waals surface area contributed by atoms with E-state index in [9.17, 15) is 4.79 Å². The molecule has 7 heteroatoms. The smallest absolute Gasteiger partial charge is 0.360 e. The molecule has 2 saturated heterocycles. The van der Waals surface area contributed by atoms with Gasteiger partial charge in [-0.1, -0.05) is 5.21 Å². The van der Waals surface area contributed by atoms with Gasteiger partial charge in [0.2, 0.25) is 0 Å². The van der Waals surface area contributed by atoms with Gasteiger partial charge < -0.3 is 14.8 Å². The van der Waals surface area contributed by atoms with Crippen LogP contribution in [0.25, 0.3) is 0 Å². The van der Waals surface area contributed by atoms with Crippen LogP contribution in [-0.4, -0.2) is 53.4 Å². The molecule has 0 aromatic carbocycles. The average molecular weight is 266 g/mol. The molecule has 1 atom stereocenters. The lowest BCUT2D eigenvalue weighted by Crippen LogP contribution is -2.43. The lowest BCUT2D eigenvalue weighted by atomic mass is 10.1. The van der Waals surface area contributed by atoms with Crippen LogP contribution >= 0.6 is 0 Å². The molecular weight excluding hydrogens is 248 g/mol. The Hall–Kier alpha value is -1.47. The van der Waals surface area contributed by atoms with Crippen molar-refractivity contribution in [3.05, 3.63) is 11.9 Å². The minimum Gasteiger partial charge on any atom is -0.458 e. The number of esters is 1. The molecule has 1 N–H and O–H groups in total. The first-order valence-electron chi connectivity index (χ1n) is 6.74. The Bertz CT molecular complexity index is 438. The van der Waals surface area contributed by atoms with Crippen LogP contribution in [0.4, 0.5) is 0 Å². The Morgan fingerprint density at radius 1 is 1.53 bits per heavy atom. The minimum absolute atomic E-state index is 0.0311. The Labute approximate surface area is 111 Å². The number of hydrogen-bond donors (Lipinski definition) is 1. The second-order valence-electron chi connectivity index (χ2n) is 4.98. The fraction of sp³-hybridized carbons (Fsp3) is 0.750. The lowest BCUT2D eigenvalue weighted by Gasteiger charge is -2.26. The molecule has 104 valence electrons. The predicted octanol–water partition coefficient (Wildman–Crippen LogP) is 0.148. The zero-order valence-corrected chi connectivity index (χ0v) is 10.7. The van der Waals surface area contributed by atoms with Crippen LogP contribution in [0.2, 0.25) is 0 Å². The van der Waals surface area contributed by atoms with Crippen molar-refractivity contribution in [1.29, 1.82) is 0 Å². The quantitative estimate of drug-likeness (QED) is 0.781. The molecule has 3 heterocycles. The van der Waals surface area contributed by atoms with Gasteiger partial charge >= 0.3 is 5.97 Å². The molecule has 2 aliphatic heterocycles. The summed E-state index contributed by atoms with van der Waals surface area (Å²) in [6, 6.07) is 0.302. The number of carbonyl (C=O) groups excluding carboxylic acids is 1. The highest BCUT2D eigenvalue weighted by atomic mass is 16.6. The second-order valence-corrected chi connectivity index (χ2v) is 4.98. The van der Waals surface area contributed by atoms with E-state index in [1.165, 1.54) is 0 Å². The molecule has 0 saturated carbocycles. The standard InChI is InChI=1S/C12H18N4O3/c17-12(19-8-10-3-1-2-4-18-10)11-7-16(15-14-11)9-5-13-6-9/h7,9-10,13H,1-6,8H2. The monoisotopic (exact) mass is 266 g/mol. The highest BCUT2D eigenvalue weighted by molar-refractivity contribution is 5.86. The van der Waals surface area contributed by atoms with Gasteiger partial charge in [0.05, 0.1) is 18.3 Å². The van der Waals surface area contributed by atoms with Gasteiger partial charge in [-0.15, -0.1) is 5.10 Å². The van der Waals surface area contributed by atoms with Crippen LogP contribution in [0.1, 0.15) is 35.8 Å². The lowest BCUT2D eigenvalue weighted by molar-refractivity contribution is -0.0302. The van der Waals surface area contributed by atoms with E-state index in [-0.39, 0.29) is 11.8 Å². The van der Waals surface area contributed by atoms with Crippen LogP contribution in [0, 0.1) is 0 Å². The van der Waals surface area contributed by atoms with Gasteiger partial charge in [0.25, 0.3) is 0 Å². The summed E-state index contributed by atoms with van der Waals surface area (Å²) in [6.45, 7) is 2.80. The number of nitrogens with one attached hydrogen (secondary N) is 1. The predicted molar refractivity (Wildman–Crippen MR) is 65.8 cm³/mol. The van der Waals surface area contributed by atoms with Crippen molar-refractivity contribution in [2.75, 3.05) is 26.3 Å². The molecule has 1 aromatic rings. The number of rotatable bonds is 4. The van der Waals surface area contributed by atoms with Crippen LogP contribution in [0.3, 0.4) is 0 Å². The summed E-state index contributed by atoms with van der Waals surface area (Å²) < 4.78 is 12.4. The van der Waals surface area contributed by atoms with Gasteiger partial charge in [-0.25, -0.2) is 9.48 Å². The zero-order chi connectivity index (χ0) is 13.1. The number of hydrogen-bond acceptors (Lipinski definition) is 6. The van der Waals surface area contributed by atoms with E-state index >= 15 is 0 Å². The summed E-state index contributed by atoms with van der Waals surface area (Å²) in [7, 11) is 0. The molecule has 1 aromatic heterocycles. The Morgan fingerprint density at radius 3 is 3.11 bits per heavy atom. The van der Waals surface area contributed by atoms with Gasteiger partial charge in [0.15, 0.2) is 5.69 Å². The van der Waals surface area contributed by atoms with Crippen molar-refractivity contribution >= 4 is 5.97 Å². The van der Waals surface area contributed by atoms with Crippen LogP contribution in [-0.2, 0) is 9.47 Å². The number of ether oxygens (including phenoxy) is 2. The SMILES string of the molecule is O=C(OCC1CCCCO1)c1cn(C2CNC2)nn1. The Balaban J connectivity index is 1.50. The normalized spacial score (nSPS) is 23.9. The molecule has 19 heavy (non-hydrogen) atoms. The fourth-order valence-electron chi connectivity index (χ4n) is 2.19. The second kappa shape index (κ2) is 5.66. The van der Waals surface area contributed by atoms with E-state index in [0.717, 1.165) is 39.0 Å². The summed E-state index contributed by atoms with van der Waals surface area (Å²) in [5.41, 5.74) is 0.266. The third kappa shape index (κ3) is 2.93. The molecule has 2 aliphatic rings. The maximum absolute atomic E-state index is 11.8. The largest absolute Gasteiger partial charge is 0.458 e. The van der Waals surface area contributed by atoms with Gasteiger partial charge in [0.1, 0.15) is 6.61 Å². The zero-order valence-electron chi connectivity index (χ0n) is 10.7. The fourth-order valence-corrected chi connectivity index (χ4v) is 2.19. The van der Waals surface area contributed by atoms with Crippen molar-refractivity contribution in [1.82, 2.24) is 20.3 Å². The number of nitrogens with zero attached hydrogens (tertiary/aromatic N) is 3. The molecule has 7 nitrogen and oxygen atoms in total. The molecular formula is C12H18N4O3. The number of aromatic nitrogens is 3. The van der Waals surface area contributed by atoms with Crippen LogP contribution in [0.5, 0.6) is 0 Å². The van der Waals surface area contributed by atoms with Gasteiger partial charge in [-0.2, -0.15) is 0 Å².